The Hall–Kier alpha value is -1.40. The van der Waals surface area contributed by atoms with Crippen molar-refractivity contribution in [1.29, 1.82) is 0 Å². The van der Waals surface area contributed by atoms with Crippen LogP contribution in [0.25, 0.3) is 0 Å². The molecule has 2 aliphatic heterocycles. The average Bonchev–Trinajstić information content (AvgIpc) is 2.93. The van der Waals surface area contributed by atoms with E-state index in [1.54, 1.807) is 0 Å². The number of aryl methyl sites for hydroxylation is 1. The Kier molecular flexibility index (Phi) is 4.35. The Labute approximate surface area is 143 Å². The molecule has 1 saturated carbocycles. The molecule has 0 aromatic carbocycles. The summed E-state index contributed by atoms with van der Waals surface area (Å²) < 4.78 is 8.15. The van der Waals surface area contributed by atoms with E-state index in [1.165, 1.54) is 25.0 Å². The van der Waals surface area contributed by atoms with E-state index in [1.807, 2.05) is 11.7 Å². The minimum Gasteiger partial charge on any atom is -0.370 e. The summed E-state index contributed by atoms with van der Waals surface area (Å²) in [6.45, 7) is 2.51. The first-order valence-corrected chi connectivity index (χ1v) is 9.37. The van der Waals surface area contributed by atoms with Crippen molar-refractivity contribution in [3.8, 4) is 0 Å². The summed E-state index contributed by atoms with van der Waals surface area (Å²) in [7, 11) is 1.95. The van der Waals surface area contributed by atoms with Crippen LogP contribution >= 0.6 is 0 Å². The number of rotatable bonds is 2. The first kappa shape index (κ1) is 16.1. The quantitative estimate of drug-likeness (QED) is 0.865. The van der Waals surface area contributed by atoms with Crippen LogP contribution in [0.4, 0.5) is 0 Å². The van der Waals surface area contributed by atoms with E-state index in [0.29, 0.717) is 18.3 Å². The fourth-order valence-electron chi connectivity index (χ4n) is 4.44. The van der Waals surface area contributed by atoms with Crippen molar-refractivity contribution >= 4 is 5.91 Å². The molecule has 1 spiro atoms. The van der Waals surface area contributed by atoms with E-state index in [9.17, 15) is 4.79 Å². The summed E-state index contributed by atoms with van der Waals surface area (Å²) in [4.78, 5) is 12.7. The van der Waals surface area contributed by atoms with Crippen LogP contribution in [0.1, 0.15) is 66.7 Å². The first-order chi connectivity index (χ1) is 11.7. The molecule has 1 saturated heterocycles. The topological polar surface area (TPSA) is 68.2 Å². The van der Waals surface area contributed by atoms with Gasteiger partial charge in [0, 0.05) is 30.8 Å². The third kappa shape index (κ3) is 2.97. The summed E-state index contributed by atoms with van der Waals surface area (Å²) in [6, 6.07) is 0.309. The second-order valence-electron chi connectivity index (χ2n) is 7.60. The van der Waals surface area contributed by atoms with E-state index < -0.39 is 0 Å². The molecule has 0 unspecified atom stereocenters. The summed E-state index contributed by atoms with van der Waals surface area (Å²) in [6.07, 6.45) is 8.82. The second-order valence-corrected chi connectivity index (χ2v) is 7.60. The molecule has 0 radical (unpaired) electrons. The van der Waals surface area contributed by atoms with Gasteiger partial charge in [-0.1, -0.05) is 19.3 Å². The van der Waals surface area contributed by atoms with Gasteiger partial charge < -0.3 is 15.4 Å². The lowest BCUT2D eigenvalue weighted by Crippen LogP contribution is -2.47. The highest BCUT2D eigenvalue weighted by atomic mass is 16.5. The van der Waals surface area contributed by atoms with Crippen LogP contribution in [0.2, 0.25) is 0 Å². The molecule has 1 aliphatic carbocycles. The number of hydrogen-bond acceptors (Lipinski definition) is 4. The molecule has 2 fully saturated rings. The van der Waals surface area contributed by atoms with Crippen molar-refractivity contribution in [2.45, 2.75) is 69.6 Å². The highest BCUT2D eigenvalue weighted by Crippen LogP contribution is 2.35. The van der Waals surface area contributed by atoms with Gasteiger partial charge in [-0.3, -0.25) is 9.48 Å². The molecule has 132 valence electrons. The number of fused-ring (bicyclic) bond motifs is 1. The standard InChI is InChI=1S/C18H28N4O2/c1-22-15-11-18(7-9-19-10-8-18)24-12-14(15)16(21-22)17(23)20-13-5-3-2-4-6-13/h13,19H,2-12H2,1H3,(H,20,23). The lowest BCUT2D eigenvalue weighted by Gasteiger charge is -2.40. The summed E-state index contributed by atoms with van der Waals surface area (Å²) in [5, 5.41) is 11.1. The van der Waals surface area contributed by atoms with Crippen LogP contribution < -0.4 is 10.6 Å². The van der Waals surface area contributed by atoms with Gasteiger partial charge in [0.1, 0.15) is 0 Å². The van der Waals surface area contributed by atoms with Gasteiger partial charge in [0.15, 0.2) is 5.69 Å². The van der Waals surface area contributed by atoms with Gasteiger partial charge in [0.2, 0.25) is 0 Å². The van der Waals surface area contributed by atoms with Crippen LogP contribution in [-0.4, -0.2) is 40.4 Å². The minimum absolute atomic E-state index is 0.0244. The van der Waals surface area contributed by atoms with E-state index >= 15 is 0 Å². The molecule has 0 atom stereocenters. The molecule has 4 rings (SSSR count). The molecule has 1 amide bonds. The lowest BCUT2D eigenvalue weighted by atomic mass is 9.84. The van der Waals surface area contributed by atoms with E-state index in [4.69, 9.17) is 4.74 Å². The summed E-state index contributed by atoms with van der Waals surface area (Å²) in [5.74, 6) is -0.0244. The largest absolute Gasteiger partial charge is 0.370 e. The zero-order chi connectivity index (χ0) is 16.6. The predicted molar refractivity (Wildman–Crippen MR) is 90.9 cm³/mol. The Balaban J connectivity index is 1.52. The van der Waals surface area contributed by atoms with Gasteiger partial charge in [0.05, 0.1) is 12.2 Å². The van der Waals surface area contributed by atoms with Crippen LogP contribution in [0.3, 0.4) is 0 Å². The summed E-state index contributed by atoms with van der Waals surface area (Å²) in [5.41, 5.74) is 2.68. The molecule has 6 nitrogen and oxygen atoms in total. The number of aromatic nitrogens is 2. The van der Waals surface area contributed by atoms with Gasteiger partial charge in [-0.2, -0.15) is 5.10 Å². The van der Waals surface area contributed by atoms with Crippen LogP contribution in [0.5, 0.6) is 0 Å². The number of carbonyl (C=O) groups excluding carboxylic acids is 1. The third-order valence-corrected chi connectivity index (χ3v) is 5.96. The van der Waals surface area contributed by atoms with Crippen LogP contribution in [-0.2, 0) is 24.8 Å². The van der Waals surface area contributed by atoms with Crippen molar-refractivity contribution in [3.63, 3.8) is 0 Å². The summed E-state index contributed by atoms with van der Waals surface area (Å²) >= 11 is 0. The molecular weight excluding hydrogens is 304 g/mol. The Bertz CT molecular complexity index is 613. The fraction of sp³-hybridized carbons (Fsp3) is 0.778. The molecule has 3 aliphatic rings. The minimum atomic E-state index is -0.0663. The maximum absolute atomic E-state index is 12.7. The Morgan fingerprint density at radius 2 is 2.04 bits per heavy atom. The number of nitrogens with one attached hydrogen (secondary N) is 2. The van der Waals surface area contributed by atoms with E-state index in [-0.39, 0.29) is 11.5 Å². The van der Waals surface area contributed by atoms with Crippen molar-refractivity contribution in [2.24, 2.45) is 7.05 Å². The maximum atomic E-state index is 12.7. The molecule has 24 heavy (non-hydrogen) atoms. The molecule has 6 heteroatoms. The molecular formula is C18H28N4O2. The van der Waals surface area contributed by atoms with Gasteiger partial charge in [-0.25, -0.2) is 0 Å². The monoisotopic (exact) mass is 332 g/mol. The number of piperidine rings is 1. The number of nitrogens with zero attached hydrogens (tertiary/aromatic N) is 2. The molecule has 3 heterocycles. The molecule has 1 aromatic heterocycles. The number of amides is 1. The third-order valence-electron chi connectivity index (χ3n) is 5.96. The fourth-order valence-corrected chi connectivity index (χ4v) is 4.44. The second kappa shape index (κ2) is 6.48. The Morgan fingerprint density at radius 1 is 1.29 bits per heavy atom. The van der Waals surface area contributed by atoms with Gasteiger partial charge in [-0.15, -0.1) is 0 Å². The highest BCUT2D eigenvalue weighted by Gasteiger charge is 2.40. The van der Waals surface area contributed by atoms with Crippen LogP contribution in [0.15, 0.2) is 0 Å². The highest BCUT2D eigenvalue weighted by molar-refractivity contribution is 5.94. The Morgan fingerprint density at radius 3 is 2.79 bits per heavy atom. The maximum Gasteiger partial charge on any atom is 0.272 e. The lowest BCUT2D eigenvalue weighted by molar-refractivity contribution is -0.0869. The average molecular weight is 332 g/mol. The first-order valence-electron chi connectivity index (χ1n) is 9.37. The smallest absolute Gasteiger partial charge is 0.272 e. The van der Waals surface area contributed by atoms with Crippen molar-refractivity contribution in [1.82, 2.24) is 20.4 Å². The molecule has 0 bridgehead atoms. The normalized spacial score (nSPS) is 23.9. The van der Waals surface area contributed by atoms with Crippen LogP contribution in [0, 0.1) is 0 Å². The number of hydrogen-bond donors (Lipinski definition) is 2. The van der Waals surface area contributed by atoms with E-state index in [2.05, 4.69) is 15.7 Å². The zero-order valence-electron chi connectivity index (χ0n) is 14.6. The van der Waals surface area contributed by atoms with E-state index in [0.717, 1.165) is 50.8 Å². The molecule has 1 aromatic rings. The van der Waals surface area contributed by atoms with Crippen molar-refractivity contribution in [3.05, 3.63) is 17.0 Å². The van der Waals surface area contributed by atoms with Gasteiger partial charge >= 0.3 is 0 Å². The zero-order valence-corrected chi connectivity index (χ0v) is 14.6. The van der Waals surface area contributed by atoms with Gasteiger partial charge in [-0.05, 0) is 38.8 Å². The number of ether oxygens (including phenoxy) is 1. The van der Waals surface area contributed by atoms with Crippen molar-refractivity contribution in [2.75, 3.05) is 13.1 Å². The van der Waals surface area contributed by atoms with Crippen molar-refractivity contribution < 1.29 is 9.53 Å². The molecule has 2 N–H and O–H groups in total. The van der Waals surface area contributed by atoms with Gasteiger partial charge in [0.25, 0.3) is 5.91 Å². The SMILES string of the molecule is Cn1nc(C(=O)NC2CCCCC2)c2c1CC1(CCNCC1)OC2. The number of carbonyl (C=O) groups is 1. The predicted octanol–water partition coefficient (Wildman–Crippen LogP) is 1.68.